The summed E-state index contributed by atoms with van der Waals surface area (Å²) in [5.41, 5.74) is 9.05. The Morgan fingerprint density at radius 2 is 2.43 bits per heavy atom. The van der Waals surface area contributed by atoms with Crippen LogP contribution >= 0.6 is 12.2 Å². The summed E-state index contributed by atoms with van der Waals surface area (Å²) in [6, 6.07) is 4.78. The number of benzene rings is 1. The molecule has 0 aliphatic carbocycles. The van der Waals surface area contributed by atoms with E-state index in [2.05, 4.69) is 27.7 Å². The minimum atomic E-state index is -0.481. The van der Waals surface area contributed by atoms with E-state index in [0.717, 1.165) is 5.56 Å². The normalized spacial score (nSPS) is 10.7. The average Bonchev–Trinajstić information content (AvgIpc) is 2.94. The van der Waals surface area contributed by atoms with E-state index in [9.17, 15) is 10.1 Å². The van der Waals surface area contributed by atoms with Gasteiger partial charge in [0, 0.05) is 12.6 Å². The molecule has 0 unspecified atom stereocenters. The van der Waals surface area contributed by atoms with Crippen LogP contribution in [0.3, 0.4) is 0 Å². The monoisotopic (exact) mass is 334 g/mol. The van der Waals surface area contributed by atoms with Gasteiger partial charge in [-0.25, -0.2) is 4.98 Å². The lowest BCUT2D eigenvalue weighted by atomic mass is 10.2. The Morgan fingerprint density at radius 1 is 1.65 bits per heavy atom. The van der Waals surface area contributed by atoms with Gasteiger partial charge in [-0.05, 0) is 23.8 Å². The summed E-state index contributed by atoms with van der Waals surface area (Å²) in [5, 5.41) is 15.0. The molecule has 0 fully saturated rings. The smallest absolute Gasteiger partial charge is 0.311 e. The average molecular weight is 334 g/mol. The van der Waals surface area contributed by atoms with Crippen LogP contribution in [0.15, 0.2) is 35.8 Å². The van der Waals surface area contributed by atoms with Crippen LogP contribution in [0, 0.1) is 10.1 Å². The fraction of sp³-hybridized carbons (Fsp3) is 0.154. The van der Waals surface area contributed by atoms with E-state index in [4.69, 9.17) is 10.5 Å². The van der Waals surface area contributed by atoms with Crippen LogP contribution in [0.25, 0.3) is 0 Å². The van der Waals surface area contributed by atoms with Gasteiger partial charge in [-0.3, -0.25) is 15.5 Å². The molecule has 0 saturated carbocycles. The topological polar surface area (TPSA) is 121 Å². The van der Waals surface area contributed by atoms with Gasteiger partial charge in [0.05, 0.1) is 36.5 Å². The molecular formula is C13H14N6O3S. The van der Waals surface area contributed by atoms with Crippen molar-refractivity contribution in [1.29, 1.82) is 0 Å². The predicted octanol–water partition coefficient (Wildman–Crippen LogP) is 1.02. The lowest BCUT2D eigenvalue weighted by Crippen LogP contribution is -2.24. The first kappa shape index (κ1) is 16.4. The molecule has 1 aromatic heterocycles. The molecule has 0 aliphatic rings. The molecule has 1 aromatic carbocycles. The highest BCUT2D eigenvalue weighted by Gasteiger charge is 2.15. The Kier molecular flexibility index (Phi) is 5.20. The zero-order valence-corrected chi connectivity index (χ0v) is 13.0. The second kappa shape index (κ2) is 7.31. The SMILES string of the molecule is COc1ccc(Cn2cncc2C=NNC(N)=S)cc1[N+](=O)[O-]. The van der Waals surface area contributed by atoms with Gasteiger partial charge in [0.25, 0.3) is 0 Å². The molecule has 0 aliphatic heterocycles. The lowest BCUT2D eigenvalue weighted by Gasteiger charge is -2.07. The van der Waals surface area contributed by atoms with Gasteiger partial charge in [0.15, 0.2) is 10.9 Å². The van der Waals surface area contributed by atoms with Crippen molar-refractivity contribution in [3.63, 3.8) is 0 Å². The molecule has 2 aromatic rings. The van der Waals surface area contributed by atoms with E-state index in [1.54, 1.807) is 29.2 Å². The summed E-state index contributed by atoms with van der Waals surface area (Å²) < 4.78 is 6.76. The Hall–Kier alpha value is -3.01. The van der Waals surface area contributed by atoms with Gasteiger partial charge >= 0.3 is 5.69 Å². The number of hydrazone groups is 1. The maximum absolute atomic E-state index is 11.1. The van der Waals surface area contributed by atoms with Crippen molar-refractivity contribution < 1.29 is 9.66 Å². The van der Waals surface area contributed by atoms with Gasteiger partial charge in [-0.1, -0.05) is 6.07 Å². The maximum atomic E-state index is 11.1. The van der Waals surface area contributed by atoms with Gasteiger partial charge in [-0.15, -0.1) is 0 Å². The molecule has 120 valence electrons. The van der Waals surface area contributed by atoms with Crippen molar-refractivity contribution in [2.24, 2.45) is 10.8 Å². The highest BCUT2D eigenvalue weighted by atomic mass is 32.1. The first-order chi connectivity index (χ1) is 11.0. The van der Waals surface area contributed by atoms with E-state index >= 15 is 0 Å². The minimum absolute atomic E-state index is 0.0538. The number of ether oxygens (including phenoxy) is 1. The third-order valence-corrected chi connectivity index (χ3v) is 3.00. The summed E-state index contributed by atoms with van der Waals surface area (Å²) >= 11 is 4.65. The minimum Gasteiger partial charge on any atom is -0.490 e. The van der Waals surface area contributed by atoms with Gasteiger partial charge in [0.2, 0.25) is 0 Å². The molecule has 2 rings (SSSR count). The molecule has 23 heavy (non-hydrogen) atoms. The van der Waals surface area contributed by atoms with Crippen molar-refractivity contribution in [2.45, 2.75) is 6.54 Å². The number of nitrogens with two attached hydrogens (primary N) is 1. The number of nitrogens with zero attached hydrogens (tertiary/aromatic N) is 4. The van der Waals surface area contributed by atoms with E-state index in [-0.39, 0.29) is 16.5 Å². The number of nitro benzene ring substituents is 1. The van der Waals surface area contributed by atoms with Crippen molar-refractivity contribution >= 4 is 29.2 Å². The molecule has 0 bridgehead atoms. The third kappa shape index (κ3) is 4.23. The van der Waals surface area contributed by atoms with Crippen LogP contribution < -0.4 is 15.9 Å². The van der Waals surface area contributed by atoms with E-state index < -0.39 is 4.92 Å². The Bertz CT molecular complexity index is 758. The molecule has 9 nitrogen and oxygen atoms in total. The molecule has 0 saturated heterocycles. The predicted molar refractivity (Wildman–Crippen MR) is 88.5 cm³/mol. The lowest BCUT2D eigenvalue weighted by molar-refractivity contribution is -0.385. The number of rotatable bonds is 6. The Balaban J connectivity index is 2.22. The number of nitrogens with one attached hydrogen (secondary N) is 1. The number of aromatic nitrogens is 2. The summed E-state index contributed by atoms with van der Waals surface area (Å²) in [7, 11) is 1.39. The molecule has 10 heteroatoms. The quantitative estimate of drug-likeness (QED) is 0.350. The van der Waals surface area contributed by atoms with Crippen LogP contribution in [-0.4, -0.2) is 32.9 Å². The standard InChI is InChI=1S/C13H14N6O3S/c1-22-12-3-2-9(4-11(12)19(20)21)7-18-8-15-5-10(18)6-16-17-13(14)23/h2-6,8H,7H2,1H3,(H3,14,17,23). The van der Waals surface area contributed by atoms with Gasteiger partial charge < -0.3 is 15.0 Å². The van der Waals surface area contributed by atoms with Crippen LogP contribution in [0.5, 0.6) is 5.75 Å². The molecule has 3 N–H and O–H groups in total. The summed E-state index contributed by atoms with van der Waals surface area (Å²) in [6.07, 6.45) is 4.70. The number of nitro groups is 1. The van der Waals surface area contributed by atoms with Crippen molar-refractivity contribution in [3.05, 3.63) is 52.1 Å². The Morgan fingerprint density at radius 3 is 3.09 bits per heavy atom. The maximum Gasteiger partial charge on any atom is 0.311 e. The number of imidazole rings is 1. The summed E-state index contributed by atoms with van der Waals surface area (Å²) in [4.78, 5) is 14.6. The van der Waals surface area contributed by atoms with E-state index in [1.165, 1.54) is 19.4 Å². The van der Waals surface area contributed by atoms with E-state index in [0.29, 0.717) is 12.2 Å². The molecule has 0 amide bonds. The summed E-state index contributed by atoms with van der Waals surface area (Å²) in [6.45, 7) is 0.388. The van der Waals surface area contributed by atoms with Crippen LogP contribution in [0.2, 0.25) is 0 Å². The first-order valence-electron chi connectivity index (χ1n) is 6.41. The summed E-state index contributed by atoms with van der Waals surface area (Å²) in [5.74, 6) is 0.215. The highest BCUT2D eigenvalue weighted by Crippen LogP contribution is 2.27. The second-order valence-electron chi connectivity index (χ2n) is 4.44. The van der Waals surface area contributed by atoms with Crippen molar-refractivity contribution in [3.8, 4) is 5.75 Å². The number of hydrogen-bond acceptors (Lipinski definition) is 6. The van der Waals surface area contributed by atoms with Gasteiger partial charge in [0.1, 0.15) is 0 Å². The number of hydrogen-bond donors (Lipinski definition) is 2. The fourth-order valence-corrected chi connectivity index (χ4v) is 1.96. The molecule has 0 radical (unpaired) electrons. The third-order valence-electron chi connectivity index (χ3n) is 2.91. The van der Waals surface area contributed by atoms with Crippen LogP contribution in [0.4, 0.5) is 5.69 Å². The molecule has 0 spiro atoms. The molecular weight excluding hydrogens is 320 g/mol. The zero-order chi connectivity index (χ0) is 16.8. The number of thiocarbonyl (C=S) groups is 1. The highest BCUT2D eigenvalue weighted by molar-refractivity contribution is 7.80. The fourth-order valence-electron chi connectivity index (χ4n) is 1.91. The second-order valence-corrected chi connectivity index (χ2v) is 4.88. The first-order valence-corrected chi connectivity index (χ1v) is 6.82. The Labute approximate surface area is 136 Å². The van der Waals surface area contributed by atoms with Crippen LogP contribution in [0.1, 0.15) is 11.3 Å². The number of methoxy groups -OCH3 is 1. The van der Waals surface area contributed by atoms with Crippen LogP contribution in [-0.2, 0) is 6.54 Å². The van der Waals surface area contributed by atoms with Gasteiger partial charge in [-0.2, -0.15) is 5.10 Å². The van der Waals surface area contributed by atoms with Crippen molar-refractivity contribution in [2.75, 3.05) is 7.11 Å². The molecule has 0 atom stereocenters. The zero-order valence-electron chi connectivity index (χ0n) is 12.2. The largest absolute Gasteiger partial charge is 0.490 e. The van der Waals surface area contributed by atoms with Crippen molar-refractivity contribution in [1.82, 2.24) is 15.0 Å². The van der Waals surface area contributed by atoms with E-state index in [1.807, 2.05) is 0 Å². The molecule has 1 heterocycles.